The number of rotatable bonds is 2. The van der Waals surface area contributed by atoms with Crippen molar-refractivity contribution in [1.82, 2.24) is 5.32 Å². The highest BCUT2D eigenvalue weighted by molar-refractivity contribution is 9.10. The van der Waals surface area contributed by atoms with Gasteiger partial charge in [-0.3, -0.25) is 0 Å². The molecule has 1 heterocycles. The molecule has 0 atom stereocenters. The van der Waals surface area contributed by atoms with Crippen molar-refractivity contribution in [2.45, 2.75) is 6.92 Å². The van der Waals surface area contributed by atoms with Crippen molar-refractivity contribution in [2.24, 2.45) is 9.98 Å². The van der Waals surface area contributed by atoms with Crippen LogP contribution in [0.25, 0.3) is 0 Å². The molecule has 1 aromatic rings. The standard InChI is InChI=1S/C12H15BrN4/c1-8-10(17(2)3)5-4-9(13)11(8)16-12-14-6-7-15-12/h4-6H,7H2,1-3H3,(H,15,16). The topological polar surface area (TPSA) is 40.0 Å². The zero-order chi connectivity index (χ0) is 12.4. The lowest BCUT2D eigenvalue weighted by Crippen LogP contribution is -2.15. The summed E-state index contributed by atoms with van der Waals surface area (Å²) in [6.45, 7) is 2.82. The van der Waals surface area contributed by atoms with Crippen LogP contribution >= 0.6 is 15.9 Å². The van der Waals surface area contributed by atoms with Crippen LogP contribution in [0.5, 0.6) is 0 Å². The molecule has 90 valence electrons. The van der Waals surface area contributed by atoms with Gasteiger partial charge in [0.05, 0.1) is 12.2 Å². The van der Waals surface area contributed by atoms with Crippen LogP contribution in [0, 0.1) is 6.92 Å². The molecule has 4 nitrogen and oxygen atoms in total. The van der Waals surface area contributed by atoms with Crippen LogP contribution in [0.1, 0.15) is 5.56 Å². The minimum atomic E-state index is 0.671. The molecule has 0 fully saturated rings. The molecule has 0 unspecified atom stereocenters. The summed E-state index contributed by atoms with van der Waals surface area (Å²) in [5.41, 5.74) is 3.23. The van der Waals surface area contributed by atoms with Gasteiger partial charge in [0.15, 0.2) is 0 Å². The molecular formula is C12H15BrN4. The van der Waals surface area contributed by atoms with Crippen LogP contribution in [0.4, 0.5) is 11.4 Å². The first-order chi connectivity index (χ1) is 8.09. The molecule has 1 aliphatic heterocycles. The fraction of sp³-hybridized carbons (Fsp3) is 0.333. The molecule has 0 radical (unpaired) electrons. The third-order valence-corrected chi connectivity index (χ3v) is 3.26. The number of nitrogens with zero attached hydrogens (tertiary/aromatic N) is 3. The summed E-state index contributed by atoms with van der Waals surface area (Å²) in [5, 5.41) is 3.10. The zero-order valence-corrected chi connectivity index (χ0v) is 11.7. The van der Waals surface area contributed by atoms with E-state index in [1.807, 2.05) is 26.4 Å². The van der Waals surface area contributed by atoms with Crippen molar-refractivity contribution >= 4 is 39.5 Å². The molecular weight excluding hydrogens is 280 g/mol. The number of guanidine groups is 1. The maximum atomic E-state index is 4.53. The highest BCUT2D eigenvalue weighted by atomic mass is 79.9. The van der Waals surface area contributed by atoms with Gasteiger partial charge in [-0.05, 0) is 40.5 Å². The monoisotopic (exact) mass is 294 g/mol. The van der Waals surface area contributed by atoms with Crippen molar-refractivity contribution in [1.29, 1.82) is 0 Å². The van der Waals surface area contributed by atoms with Gasteiger partial charge in [-0.2, -0.15) is 0 Å². The summed E-state index contributed by atoms with van der Waals surface area (Å²) in [5.74, 6) is 0.671. The number of nitrogens with one attached hydrogen (secondary N) is 1. The lowest BCUT2D eigenvalue weighted by atomic mass is 10.1. The quantitative estimate of drug-likeness (QED) is 0.910. The molecule has 0 bridgehead atoms. The Morgan fingerprint density at radius 3 is 2.76 bits per heavy atom. The Balaban J connectivity index is 2.48. The first-order valence-corrected chi connectivity index (χ1v) is 6.20. The fourth-order valence-electron chi connectivity index (χ4n) is 1.77. The largest absolute Gasteiger partial charge is 0.377 e. The van der Waals surface area contributed by atoms with Crippen molar-refractivity contribution in [3.63, 3.8) is 0 Å². The molecule has 0 aliphatic carbocycles. The number of hydrogen-bond donors (Lipinski definition) is 1. The lowest BCUT2D eigenvalue weighted by molar-refractivity contribution is 1.10. The smallest absolute Gasteiger partial charge is 0.223 e. The summed E-state index contributed by atoms with van der Waals surface area (Å²) in [6.07, 6.45) is 1.82. The minimum Gasteiger partial charge on any atom is -0.377 e. The molecule has 1 N–H and O–H groups in total. The van der Waals surface area contributed by atoms with Gasteiger partial charge in [0.1, 0.15) is 0 Å². The summed E-state index contributed by atoms with van der Waals surface area (Å²) in [6, 6.07) is 4.09. The van der Waals surface area contributed by atoms with Crippen molar-refractivity contribution in [2.75, 3.05) is 25.5 Å². The highest BCUT2D eigenvalue weighted by Crippen LogP contribution is 2.35. The van der Waals surface area contributed by atoms with Crippen LogP contribution in [0.3, 0.4) is 0 Å². The molecule has 17 heavy (non-hydrogen) atoms. The Bertz CT molecular complexity index is 492. The number of halogens is 1. The van der Waals surface area contributed by atoms with E-state index in [1.54, 1.807) is 0 Å². The van der Waals surface area contributed by atoms with Gasteiger partial charge in [-0.15, -0.1) is 0 Å². The molecule has 2 rings (SSSR count). The lowest BCUT2D eigenvalue weighted by Gasteiger charge is -2.17. The van der Waals surface area contributed by atoms with E-state index in [0.29, 0.717) is 5.96 Å². The van der Waals surface area contributed by atoms with E-state index in [-0.39, 0.29) is 0 Å². The summed E-state index contributed by atoms with van der Waals surface area (Å²) < 4.78 is 0.983. The molecule has 0 aromatic heterocycles. The van der Waals surface area contributed by atoms with E-state index in [4.69, 9.17) is 0 Å². The van der Waals surface area contributed by atoms with Gasteiger partial charge in [-0.1, -0.05) is 0 Å². The van der Waals surface area contributed by atoms with Crippen LogP contribution in [-0.2, 0) is 0 Å². The number of anilines is 1. The van der Waals surface area contributed by atoms with E-state index in [0.717, 1.165) is 28.0 Å². The predicted molar refractivity (Wildman–Crippen MR) is 76.8 cm³/mol. The third-order valence-electron chi connectivity index (χ3n) is 2.62. The molecule has 5 heteroatoms. The summed E-state index contributed by atoms with van der Waals surface area (Å²) in [4.78, 5) is 10.8. The van der Waals surface area contributed by atoms with E-state index in [1.165, 1.54) is 0 Å². The minimum absolute atomic E-state index is 0.671. The highest BCUT2D eigenvalue weighted by Gasteiger charge is 2.11. The Morgan fingerprint density at radius 1 is 1.41 bits per heavy atom. The summed E-state index contributed by atoms with van der Waals surface area (Å²) >= 11 is 3.53. The SMILES string of the molecule is Cc1c(N(C)C)ccc(Br)c1N=C1N=CCN1. The maximum absolute atomic E-state index is 4.53. The Hall–Kier alpha value is -1.36. The Kier molecular flexibility index (Phi) is 3.47. The number of aliphatic imine (C=N–C) groups is 2. The normalized spacial score (nSPS) is 16.4. The number of hydrogen-bond acceptors (Lipinski definition) is 2. The summed E-state index contributed by atoms with van der Waals surface area (Å²) in [7, 11) is 4.05. The van der Waals surface area contributed by atoms with Gasteiger partial charge >= 0.3 is 0 Å². The zero-order valence-electron chi connectivity index (χ0n) is 10.2. The average molecular weight is 295 g/mol. The molecule has 1 aliphatic rings. The van der Waals surface area contributed by atoms with Crippen LogP contribution in [0.2, 0.25) is 0 Å². The van der Waals surface area contributed by atoms with E-state index in [9.17, 15) is 0 Å². The predicted octanol–water partition coefficient (Wildman–Crippen LogP) is 2.49. The Labute approximate surface area is 110 Å². The van der Waals surface area contributed by atoms with Crippen molar-refractivity contribution < 1.29 is 0 Å². The third kappa shape index (κ3) is 2.49. The van der Waals surface area contributed by atoms with Gasteiger partial charge < -0.3 is 10.2 Å². The van der Waals surface area contributed by atoms with Crippen LogP contribution < -0.4 is 10.2 Å². The molecule has 0 saturated heterocycles. The second kappa shape index (κ2) is 4.87. The van der Waals surface area contributed by atoms with Gasteiger partial charge in [-0.25, -0.2) is 9.98 Å². The van der Waals surface area contributed by atoms with E-state index >= 15 is 0 Å². The second-order valence-corrected chi connectivity index (χ2v) is 4.92. The molecule has 0 saturated carbocycles. The first kappa shape index (κ1) is 12.1. The van der Waals surface area contributed by atoms with E-state index in [2.05, 4.69) is 49.1 Å². The first-order valence-electron chi connectivity index (χ1n) is 5.41. The molecule has 1 aromatic carbocycles. The van der Waals surface area contributed by atoms with Crippen molar-refractivity contribution in [3.8, 4) is 0 Å². The average Bonchev–Trinajstić information content (AvgIpc) is 2.76. The van der Waals surface area contributed by atoms with Crippen LogP contribution in [0.15, 0.2) is 26.6 Å². The van der Waals surface area contributed by atoms with Gasteiger partial charge in [0, 0.05) is 30.5 Å². The molecule has 0 spiro atoms. The molecule has 0 amide bonds. The Morgan fingerprint density at radius 2 is 2.18 bits per heavy atom. The number of benzene rings is 1. The van der Waals surface area contributed by atoms with Gasteiger partial charge in [0.2, 0.25) is 5.96 Å². The van der Waals surface area contributed by atoms with E-state index < -0.39 is 0 Å². The fourth-order valence-corrected chi connectivity index (χ4v) is 2.29. The second-order valence-electron chi connectivity index (χ2n) is 4.06. The van der Waals surface area contributed by atoms with Crippen molar-refractivity contribution in [3.05, 3.63) is 22.2 Å². The van der Waals surface area contributed by atoms with Gasteiger partial charge in [0.25, 0.3) is 0 Å². The van der Waals surface area contributed by atoms with Crippen LogP contribution in [-0.4, -0.2) is 32.8 Å². The maximum Gasteiger partial charge on any atom is 0.223 e.